The summed E-state index contributed by atoms with van der Waals surface area (Å²) in [6, 6.07) is 8.17. The van der Waals surface area contributed by atoms with Gasteiger partial charge in [0.15, 0.2) is 0 Å². The normalized spacial score (nSPS) is 26.1. The van der Waals surface area contributed by atoms with Gasteiger partial charge in [0.2, 0.25) is 5.91 Å². The number of rotatable bonds is 1. The summed E-state index contributed by atoms with van der Waals surface area (Å²) in [6.07, 6.45) is 0.453. The van der Waals surface area contributed by atoms with E-state index in [1.165, 1.54) is 5.56 Å². The van der Waals surface area contributed by atoms with Gasteiger partial charge in [-0.1, -0.05) is 29.8 Å². The highest BCUT2D eigenvalue weighted by atomic mass is 16.2. The Kier molecular flexibility index (Phi) is 2.49. The van der Waals surface area contributed by atoms with Gasteiger partial charge < -0.3 is 10.6 Å². The van der Waals surface area contributed by atoms with Crippen LogP contribution in [0.4, 0.5) is 0 Å². The van der Waals surface area contributed by atoms with Crippen molar-refractivity contribution in [3.8, 4) is 0 Å². The Morgan fingerprint density at radius 2 is 1.93 bits per heavy atom. The fraction of sp³-hybridized carbons (Fsp3) is 0.417. The van der Waals surface area contributed by atoms with Gasteiger partial charge in [-0.05, 0) is 12.5 Å². The Balaban J connectivity index is 2.30. The number of aryl methyl sites for hydroxylation is 1. The first kappa shape index (κ1) is 10.2. The van der Waals surface area contributed by atoms with Gasteiger partial charge in [-0.2, -0.15) is 0 Å². The second-order valence-electron chi connectivity index (χ2n) is 4.23. The Labute approximate surface area is 89.9 Å². The molecule has 0 aromatic heterocycles. The van der Waals surface area contributed by atoms with Crippen molar-refractivity contribution in [2.45, 2.75) is 25.4 Å². The third-order valence-corrected chi connectivity index (χ3v) is 3.05. The van der Waals surface area contributed by atoms with Crippen molar-refractivity contribution in [2.75, 3.05) is 7.05 Å². The molecule has 1 saturated heterocycles. The van der Waals surface area contributed by atoms with E-state index >= 15 is 0 Å². The van der Waals surface area contributed by atoms with Gasteiger partial charge in [-0.15, -0.1) is 0 Å². The summed E-state index contributed by atoms with van der Waals surface area (Å²) in [6.45, 7) is 2.05. The van der Waals surface area contributed by atoms with Crippen molar-refractivity contribution in [2.24, 2.45) is 5.73 Å². The second-order valence-corrected chi connectivity index (χ2v) is 4.23. The van der Waals surface area contributed by atoms with Crippen LogP contribution in [0.15, 0.2) is 24.3 Å². The van der Waals surface area contributed by atoms with E-state index in [0.29, 0.717) is 6.42 Å². The first-order valence-corrected chi connectivity index (χ1v) is 5.17. The minimum atomic E-state index is -0.0785. The van der Waals surface area contributed by atoms with E-state index in [1.807, 2.05) is 14.0 Å². The Hall–Kier alpha value is -1.35. The van der Waals surface area contributed by atoms with E-state index in [1.54, 1.807) is 4.90 Å². The average molecular weight is 204 g/mol. The Morgan fingerprint density at radius 1 is 1.33 bits per heavy atom. The van der Waals surface area contributed by atoms with Crippen LogP contribution in [0.1, 0.15) is 23.6 Å². The van der Waals surface area contributed by atoms with E-state index in [4.69, 9.17) is 5.73 Å². The van der Waals surface area contributed by atoms with E-state index < -0.39 is 0 Å². The molecule has 0 unspecified atom stereocenters. The fourth-order valence-electron chi connectivity index (χ4n) is 2.13. The molecule has 1 aliphatic heterocycles. The second kappa shape index (κ2) is 3.66. The van der Waals surface area contributed by atoms with Crippen molar-refractivity contribution < 1.29 is 4.79 Å². The molecule has 1 amide bonds. The van der Waals surface area contributed by atoms with Crippen LogP contribution in [0.2, 0.25) is 0 Å². The van der Waals surface area contributed by atoms with Crippen LogP contribution in [0.3, 0.4) is 0 Å². The molecule has 1 aromatic carbocycles. The maximum atomic E-state index is 11.5. The molecule has 2 rings (SSSR count). The molecule has 80 valence electrons. The number of carbonyl (C=O) groups excluding carboxylic acids is 1. The Bertz CT molecular complexity index is 372. The predicted molar refractivity (Wildman–Crippen MR) is 59.3 cm³/mol. The number of nitrogens with two attached hydrogens (primary N) is 1. The SMILES string of the molecule is Cc1ccc([C@H]2[C@H](N)CC(=O)N2C)cc1. The van der Waals surface area contributed by atoms with Crippen molar-refractivity contribution >= 4 is 5.91 Å². The van der Waals surface area contributed by atoms with Gasteiger partial charge in [0.05, 0.1) is 6.04 Å². The molecule has 0 saturated carbocycles. The molecule has 3 heteroatoms. The molecular formula is C12H16N2O. The maximum Gasteiger partial charge on any atom is 0.224 e. The van der Waals surface area contributed by atoms with E-state index in [9.17, 15) is 4.79 Å². The van der Waals surface area contributed by atoms with E-state index in [2.05, 4.69) is 24.3 Å². The number of likely N-dealkylation sites (N-methyl/N-ethyl adjacent to an activating group) is 1. The number of amides is 1. The summed E-state index contributed by atoms with van der Waals surface area (Å²) < 4.78 is 0. The number of likely N-dealkylation sites (tertiary alicyclic amines) is 1. The minimum absolute atomic E-state index is 0.0399. The van der Waals surface area contributed by atoms with Gasteiger partial charge in [-0.3, -0.25) is 4.79 Å². The van der Waals surface area contributed by atoms with Crippen molar-refractivity contribution in [1.29, 1.82) is 0 Å². The number of hydrogen-bond acceptors (Lipinski definition) is 2. The fourth-order valence-corrected chi connectivity index (χ4v) is 2.13. The van der Waals surface area contributed by atoms with Crippen LogP contribution >= 0.6 is 0 Å². The van der Waals surface area contributed by atoms with E-state index in [-0.39, 0.29) is 18.0 Å². The lowest BCUT2D eigenvalue weighted by molar-refractivity contribution is -0.127. The molecule has 1 aromatic rings. The predicted octanol–water partition coefficient (Wildman–Crippen LogP) is 1.23. The van der Waals surface area contributed by atoms with Gasteiger partial charge in [0, 0.05) is 19.5 Å². The van der Waals surface area contributed by atoms with Gasteiger partial charge in [-0.25, -0.2) is 0 Å². The van der Waals surface area contributed by atoms with Crippen LogP contribution < -0.4 is 5.73 Å². The van der Waals surface area contributed by atoms with Gasteiger partial charge in [0.1, 0.15) is 0 Å². The monoisotopic (exact) mass is 204 g/mol. The van der Waals surface area contributed by atoms with Crippen LogP contribution in [0, 0.1) is 6.92 Å². The Morgan fingerprint density at radius 3 is 2.40 bits per heavy atom. The lowest BCUT2D eigenvalue weighted by atomic mass is 10.00. The smallest absolute Gasteiger partial charge is 0.224 e. The van der Waals surface area contributed by atoms with Crippen LogP contribution in [-0.4, -0.2) is 23.9 Å². The topological polar surface area (TPSA) is 46.3 Å². The molecule has 1 fully saturated rings. The van der Waals surface area contributed by atoms with Crippen molar-refractivity contribution in [1.82, 2.24) is 4.90 Å². The molecule has 1 heterocycles. The average Bonchev–Trinajstić information content (AvgIpc) is 2.44. The highest BCUT2D eigenvalue weighted by Gasteiger charge is 2.35. The lowest BCUT2D eigenvalue weighted by Crippen LogP contribution is -2.30. The first-order valence-electron chi connectivity index (χ1n) is 5.17. The lowest BCUT2D eigenvalue weighted by Gasteiger charge is -2.23. The van der Waals surface area contributed by atoms with Crippen LogP contribution in [-0.2, 0) is 4.79 Å². The molecule has 0 aliphatic carbocycles. The highest BCUT2D eigenvalue weighted by Crippen LogP contribution is 2.30. The first-order chi connectivity index (χ1) is 7.09. The number of benzene rings is 1. The highest BCUT2D eigenvalue weighted by molar-refractivity contribution is 5.80. The number of hydrogen-bond donors (Lipinski definition) is 1. The quantitative estimate of drug-likeness (QED) is 0.747. The summed E-state index contributed by atoms with van der Waals surface area (Å²) in [7, 11) is 1.82. The molecule has 3 nitrogen and oxygen atoms in total. The van der Waals surface area contributed by atoms with Crippen LogP contribution in [0.5, 0.6) is 0 Å². The molecule has 15 heavy (non-hydrogen) atoms. The maximum absolute atomic E-state index is 11.5. The summed E-state index contributed by atoms with van der Waals surface area (Å²) in [5.41, 5.74) is 8.32. The number of carbonyl (C=O) groups is 1. The minimum Gasteiger partial charge on any atom is -0.337 e. The van der Waals surface area contributed by atoms with Crippen LogP contribution in [0.25, 0.3) is 0 Å². The summed E-state index contributed by atoms with van der Waals surface area (Å²) in [5.74, 6) is 0.132. The van der Waals surface area contributed by atoms with Gasteiger partial charge in [0.25, 0.3) is 0 Å². The van der Waals surface area contributed by atoms with Crippen molar-refractivity contribution in [3.63, 3.8) is 0 Å². The van der Waals surface area contributed by atoms with E-state index in [0.717, 1.165) is 5.56 Å². The third-order valence-electron chi connectivity index (χ3n) is 3.05. The summed E-state index contributed by atoms with van der Waals surface area (Å²) in [5, 5.41) is 0. The van der Waals surface area contributed by atoms with Gasteiger partial charge >= 0.3 is 0 Å². The molecule has 2 atom stereocenters. The zero-order valence-electron chi connectivity index (χ0n) is 9.10. The molecule has 0 radical (unpaired) electrons. The molecule has 0 bridgehead atoms. The number of nitrogens with zero attached hydrogens (tertiary/aromatic N) is 1. The molecule has 2 N–H and O–H groups in total. The van der Waals surface area contributed by atoms with Crippen molar-refractivity contribution in [3.05, 3.63) is 35.4 Å². The zero-order valence-corrected chi connectivity index (χ0v) is 9.10. The molecule has 1 aliphatic rings. The zero-order chi connectivity index (χ0) is 11.0. The third kappa shape index (κ3) is 1.75. The largest absolute Gasteiger partial charge is 0.337 e. The summed E-state index contributed by atoms with van der Waals surface area (Å²) >= 11 is 0. The summed E-state index contributed by atoms with van der Waals surface area (Å²) in [4.78, 5) is 13.2. The molecular weight excluding hydrogens is 188 g/mol. The molecule has 0 spiro atoms. The standard InChI is InChI=1S/C12H16N2O/c1-8-3-5-9(6-4-8)12-10(13)7-11(15)14(12)2/h3-6,10,12H,7,13H2,1-2H3/t10-,12+/m1/s1.